The zero-order valence-corrected chi connectivity index (χ0v) is 12.1. The van der Waals surface area contributed by atoms with Gasteiger partial charge in [-0.15, -0.1) is 0 Å². The lowest BCUT2D eigenvalue weighted by molar-refractivity contribution is 0.134. The molecular formula is C15H23ClN2. The van der Waals surface area contributed by atoms with Crippen molar-refractivity contribution in [1.82, 2.24) is 10.2 Å². The molecule has 0 radical (unpaired) electrons. The fraction of sp³-hybridized carbons (Fsp3) is 0.600. The summed E-state index contributed by atoms with van der Waals surface area (Å²) < 4.78 is 0. The van der Waals surface area contributed by atoms with Gasteiger partial charge in [-0.05, 0) is 24.0 Å². The normalized spacial score (nSPS) is 21.4. The SMILES string of the molecule is CC(C)CC1CNCCN1Cc1ccccc1Cl. The molecule has 1 aliphatic heterocycles. The summed E-state index contributed by atoms with van der Waals surface area (Å²) in [5, 5.41) is 4.38. The Bertz CT molecular complexity index is 379. The Morgan fingerprint density at radius 3 is 2.89 bits per heavy atom. The van der Waals surface area contributed by atoms with Crippen molar-refractivity contribution in [2.24, 2.45) is 5.92 Å². The zero-order valence-electron chi connectivity index (χ0n) is 11.3. The van der Waals surface area contributed by atoms with Crippen molar-refractivity contribution in [3.05, 3.63) is 34.9 Å². The van der Waals surface area contributed by atoms with E-state index in [-0.39, 0.29) is 0 Å². The molecule has 1 fully saturated rings. The highest BCUT2D eigenvalue weighted by Gasteiger charge is 2.23. The summed E-state index contributed by atoms with van der Waals surface area (Å²) in [6, 6.07) is 8.82. The van der Waals surface area contributed by atoms with Crippen LogP contribution in [0.4, 0.5) is 0 Å². The summed E-state index contributed by atoms with van der Waals surface area (Å²) in [7, 11) is 0. The minimum absolute atomic E-state index is 0.634. The van der Waals surface area contributed by atoms with Gasteiger partial charge in [-0.1, -0.05) is 43.6 Å². The minimum atomic E-state index is 0.634. The molecule has 1 heterocycles. The van der Waals surface area contributed by atoms with Crippen LogP contribution in [0.1, 0.15) is 25.8 Å². The highest BCUT2D eigenvalue weighted by molar-refractivity contribution is 6.31. The summed E-state index contributed by atoms with van der Waals surface area (Å²) in [6.45, 7) is 8.85. The molecule has 1 unspecified atom stereocenters. The molecule has 1 N–H and O–H groups in total. The Balaban J connectivity index is 2.03. The van der Waals surface area contributed by atoms with Crippen molar-refractivity contribution >= 4 is 11.6 Å². The van der Waals surface area contributed by atoms with Gasteiger partial charge in [-0.25, -0.2) is 0 Å². The van der Waals surface area contributed by atoms with Crippen LogP contribution in [0.2, 0.25) is 5.02 Å². The minimum Gasteiger partial charge on any atom is -0.314 e. The molecule has 1 aromatic rings. The first-order valence-corrected chi connectivity index (χ1v) is 7.23. The second kappa shape index (κ2) is 6.55. The number of nitrogens with zero attached hydrogens (tertiary/aromatic N) is 1. The number of nitrogens with one attached hydrogen (secondary N) is 1. The molecule has 0 saturated carbocycles. The maximum Gasteiger partial charge on any atom is 0.0451 e. The molecule has 0 aromatic heterocycles. The van der Waals surface area contributed by atoms with Crippen LogP contribution in [0.5, 0.6) is 0 Å². The summed E-state index contributed by atoms with van der Waals surface area (Å²) in [4.78, 5) is 2.57. The van der Waals surface area contributed by atoms with Crippen molar-refractivity contribution < 1.29 is 0 Å². The van der Waals surface area contributed by atoms with E-state index < -0.39 is 0 Å². The fourth-order valence-electron chi connectivity index (χ4n) is 2.63. The molecule has 1 aliphatic rings. The van der Waals surface area contributed by atoms with E-state index in [2.05, 4.69) is 36.2 Å². The quantitative estimate of drug-likeness (QED) is 0.901. The summed E-state index contributed by atoms with van der Waals surface area (Å²) in [6.07, 6.45) is 1.25. The molecule has 100 valence electrons. The third kappa shape index (κ3) is 3.71. The Labute approximate surface area is 115 Å². The Kier molecular flexibility index (Phi) is 5.04. The van der Waals surface area contributed by atoms with Gasteiger partial charge in [0.25, 0.3) is 0 Å². The lowest BCUT2D eigenvalue weighted by Gasteiger charge is -2.37. The number of hydrogen-bond acceptors (Lipinski definition) is 2. The van der Waals surface area contributed by atoms with E-state index in [0.29, 0.717) is 6.04 Å². The third-order valence-electron chi connectivity index (χ3n) is 3.55. The van der Waals surface area contributed by atoms with E-state index >= 15 is 0 Å². The van der Waals surface area contributed by atoms with Crippen LogP contribution in [0.15, 0.2) is 24.3 Å². The maximum absolute atomic E-state index is 6.25. The van der Waals surface area contributed by atoms with E-state index in [9.17, 15) is 0 Å². The average Bonchev–Trinajstić information content (AvgIpc) is 2.34. The second-order valence-electron chi connectivity index (χ2n) is 5.55. The first-order chi connectivity index (χ1) is 8.66. The molecule has 0 bridgehead atoms. The zero-order chi connectivity index (χ0) is 13.0. The lowest BCUT2D eigenvalue weighted by Crippen LogP contribution is -2.51. The molecule has 2 nitrogen and oxygen atoms in total. The van der Waals surface area contributed by atoms with Crippen LogP contribution in [-0.2, 0) is 6.54 Å². The predicted octanol–water partition coefficient (Wildman–Crippen LogP) is 3.16. The number of halogens is 1. The number of piperazine rings is 1. The van der Waals surface area contributed by atoms with Crippen molar-refractivity contribution in [3.8, 4) is 0 Å². The van der Waals surface area contributed by atoms with Crippen LogP contribution in [0, 0.1) is 5.92 Å². The van der Waals surface area contributed by atoms with E-state index in [1.807, 2.05) is 12.1 Å². The van der Waals surface area contributed by atoms with Crippen LogP contribution < -0.4 is 5.32 Å². The van der Waals surface area contributed by atoms with Crippen molar-refractivity contribution in [2.45, 2.75) is 32.9 Å². The van der Waals surface area contributed by atoms with Gasteiger partial charge in [-0.2, -0.15) is 0 Å². The molecule has 18 heavy (non-hydrogen) atoms. The van der Waals surface area contributed by atoms with Gasteiger partial charge in [0.05, 0.1) is 0 Å². The molecule has 0 aliphatic carbocycles. The molecule has 1 atom stereocenters. The van der Waals surface area contributed by atoms with Gasteiger partial charge < -0.3 is 5.32 Å². The number of hydrogen-bond donors (Lipinski definition) is 1. The topological polar surface area (TPSA) is 15.3 Å². The Morgan fingerprint density at radius 1 is 1.39 bits per heavy atom. The van der Waals surface area contributed by atoms with Crippen LogP contribution in [0.25, 0.3) is 0 Å². The van der Waals surface area contributed by atoms with Crippen molar-refractivity contribution in [3.63, 3.8) is 0 Å². The molecule has 0 amide bonds. The average molecular weight is 267 g/mol. The van der Waals surface area contributed by atoms with Crippen LogP contribution >= 0.6 is 11.6 Å². The molecule has 2 rings (SSSR count). The summed E-state index contributed by atoms with van der Waals surface area (Å²) in [5.74, 6) is 0.739. The standard InChI is InChI=1S/C15H23ClN2/c1-12(2)9-14-10-17-7-8-18(14)11-13-5-3-4-6-15(13)16/h3-6,12,14,17H,7-11H2,1-2H3. The monoisotopic (exact) mass is 266 g/mol. The predicted molar refractivity (Wildman–Crippen MR) is 78.0 cm³/mol. The van der Waals surface area contributed by atoms with Gasteiger partial charge >= 0.3 is 0 Å². The van der Waals surface area contributed by atoms with Crippen molar-refractivity contribution in [1.29, 1.82) is 0 Å². The molecular weight excluding hydrogens is 244 g/mol. The first kappa shape index (κ1) is 13.9. The van der Waals surface area contributed by atoms with E-state index in [4.69, 9.17) is 11.6 Å². The molecule has 3 heteroatoms. The Hall–Kier alpha value is -0.570. The van der Waals surface area contributed by atoms with Gasteiger partial charge in [0.1, 0.15) is 0 Å². The highest BCUT2D eigenvalue weighted by Crippen LogP contribution is 2.21. The van der Waals surface area contributed by atoms with E-state index in [1.165, 1.54) is 12.0 Å². The van der Waals surface area contributed by atoms with Crippen molar-refractivity contribution in [2.75, 3.05) is 19.6 Å². The lowest BCUT2D eigenvalue weighted by atomic mass is 10.00. The highest BCUT2D eigenvalue weighted by atomic mass is 35.5. The second-order valence-corrected chi connectivity index (χ2v) is 5.96. The summed E-state index contributed by atoms with van der Waals surface area (Å²) >= 11 is 6.25. The molecule has 0 spiro atoms. The van der Waals surface area contributed by atoms with E-state index in [1.54, 1.807) is 0 Å². The molecule has 1 saturated heterocycles. The number of benzene rings is 1. The van der Waals surface area contributed by atoms with Crippen LogP contribution in [-0.4, -0.2) is 30.6 Å². The Morgan fingerprint density at radius 2 is 2.17 bits per heavy atom. The van der Waals surface area contributed by atoms with Gasteiger partial charge in [0, 0.05) is 37.2 Å². The van der Waals surface area contributed by atoms with Gasteiger partial charge in [0.15, 0.2) is 0 Å². The van der Waals surface area contributed by atoms with Gasteiger partial charge in [0.2, 0.25) is 0 Å². The molecule has 1 aromatic carbocycles. The third-order valence-corrected chi connectivity index (χ3v) is 3.92. The summed E-state index contributed by atoms with van der Waals surface area (Å²) in [5.41, 5.74) is 1.25. The number of rotatable bonds is 4. The maximum atomic E-state index is 6.25. The van der Waals surface area contributed by atoms with Crippen LogP contribution in [0.3, 0.4) is 0 Å². The van der Waals surface area contributed by atoms with E-state index in [0.717, 1.165) is 37.1 Å². The first-order valence-electron chi connectivity index (χ1n) is 6.85. The fourth-order valence-corrected chi connectivity index (χ4v) is 2.83. The van der Waals surface area contributed by atoms with Gasteiger partial charge in [-0.3, -0.25) is 4.90 Å². The smallest absolute Gasteiger partial charge is 0.0451 e. The largest absolute Gasteiger partial charge is 0.314 e.